The summed E-state index contributed by atoms with van der Waals surface area (Å²) in [5, 5.41) is 10.6. The lowest BCUT2D eigenvalue weighted by molar-refractivity contribution is -0.384. The second-order valence-electron chi connectivity index (χ2n) is 7.64. The Bertz CT molecular complexity index is 1530. The third kappa shape index (κ3) is 4.82. The van der Waals surface area contributed by atoms with E-state index in [0.29, 0.717) is 10.0 Å². The van der Waals surface area contributed by atoms with E-state index in [0.717, 1.165) is 24.3 Å². The summed E-state index contributed by atoms with van der Waals surface area (Å²) in [4.78, 5) is 63.9. The maximum Gasteiger partial charge on any atom is 0.282 e. The van der Waals surface area contributed by atoms with Crippen LogP contribution >= 0.6 is 69.6 Å². The van der Waals surface area contributed by atoms with Crippen LogP contribution in [0.5, 0.6) is 0 Å². The maximum atomic E-state index is 13.6. The second-order valence-corrected chi connectivity index (χ2v) is 10.00. The summed E-state index contributed by atoms with van der Waals surface area (Å²) < 4.78 is 0. The van der Waals surface area contributed by atoms with Gasteiger partial charge in [0.2, 0.25) is 0 Å². The van der Waals surface area contributed by atoms with E-state index in [2.05, 4.69) is 0 Å². The molecule has 0 unspecified atom stereocenters. The predicted molar refractivity (Wildman–Crippen MR) is 142 cm³/mol. The highest BCUT2D eigenvalue weighted by molar-refractivity contribution is 6.55. The summed E-state index contributed by atoms with van der Waals surface area (Å²) in [5.74, 6) is -4.01. The molecule has 9 nitrogen and oxygen atoms in total. The Kier molecular flexibility index (Phi) is 7.90. The third-order valence-electron chi connectivity index (χ3n) is 5.41. The van der Waals surface area contributed by atoms with Crippen molar-refractivity contribution in [1.29, 1.82) is 0 Å². The van der Waals surface area contributed by atoms with Gasteiger partial charge in [-0.1, -0.05) is 69.6 Å². The molecule has 0 spiro atoms. The van der Waals surface area contributed by atoms with Crippen LogP contribution in [-0.2, 0) is 0 Å². The number of benzene rings is 3. The van der Waals surface area contributed by atoms with Crippen molar-refractivity contribution in [3.63, 3.8) is 0 Å². The molecule has 3 aromatic carbocycles. The van der Waals surface area contributed by atoms with Crippen LogP contribution in [0.1, 0.15) is 41.4 Å². The van der Waals surface area contributed by atoms with Crippen LogP contribution in [0, 0.1) is 10.1 Å². The highest BCUT2D eigenvalue weighted by atomic mass is 35.5. The first kappa shape index (κ1) is 28.1. The number of carbonyl (C=O) groups is 4. The number of Topliss-reactive ketones (excluding diaryl/α,β-unsaturated/α-hetero) is 1. The number of imide groups is 1. The smallest absolute Gasteiger partial charge is 0.282 e. The molecule has 3 aromatic rings. The van der Waals surface area contributed by atoms with Crippen molar-refractivity contribution in [1.82, 2.24) is 10.0 Å². The molecule has 194 valence electrons. The van der Waals surface area contributed by atoms with Crippen molar-refractivity contribution >= 4 is 98.8 Å². The molecule has 15 heteroatoms. The first-order valence-electron chi connectivity index (χ1n) is 10.1. The number of hydrazine groups is 1. The van der Waals surface area contributed by atoms with Crippen molar-refractivity contribution in [2.45, 2.75) is 0 Å². The van der Waals surface area contributed by atoms with Gasteiger partial charge in [0.05, 0.1) is 46.7 Å². The van der Waals surface area contributed by atoms with Gasteiger partial charge in [0, 0.05) is 22.7 Å². The van der Waals surface area contributed by atoms with Crippen LogP contribution in [0.15, 0.2) is 42.5 Å². The largest absolute Gasteiger partial charge is 0.292 e. The Morgan fingerprint density at radius 2 is 1.34 bits per heavy atom. The number of hydrogen-bond donors (Lipinski definition) is 0. The van der Waals surface area contributed by atoms with Crippen molar-refractivity contribution in [2.24, 2.45) is 0 Å². The minimum absolute atomic E-state index is 0.0469. The monoisotopic (exact) mass is 633 g/mol. The number of nitro groups is 1. The van der Waals surface area contributed by atoms with E-state index < -0.39 is 46.1 Å². The van der Waals surface area contributed by atoms with Gasteiger partial charge in [0.15, 0.2) is 5.78 Å². The van der Waals surface area contributed by atoms with E-state index in [1.54, 1.807) is 0 Å². The number of ketones is 1. The number of rotatable bonds is 6. The van der Waals surface area contributed by atoms with Crippen LogP contribution in [0.25, 0.3) is 0 Å². The van der Waals surface area contributed by atoms with Crippen molar-refractivity contribution in [3.05, 3.63) is 105 Å². The lowest BCUT2D eigenvalue weighted by atomic mass is 10.1. The Hall–Kier alpha value is -2.92. The number of carbonyl (C=O) groups excluding carboxylic acids is 4. The standard InChI is InChI=1S/C23H9Cl6N3O6/c24-10-3-6-12(13(25)7-10)21(34)30(8-14(33)9-1-4-11(5-2-9)32(37)38)31-22(35)15-16(23(31)36)18(27)20(29)19(28)17(15)26/h1-7H,8H2. The SMILES string of the molecule is O=C(CN(C(=O)c1ccc(Cl)cc1Cl)N1C(=O)c2c(Cl)c(Cl)c(Cl)c(Cl)c2C1=O)c1ccc([N+](=O)[O-])cc1. The Morgan fingerprint density at radius 3 is 1.82 bits per heavy atom. The molecule has 0 aromatic heterocycles. The molecule has 3 amide bonds. The minimum atomic E-state index is -1.11. The normalized spacial score (nSPS) is 12.5. The lowest BCUT2D eigenvalue weighted by Crippen LogP contribution is -2.51. The van der Waals surface area contributed by atoms with Gasteiger partial charge in [0.1, 0.15) is 6.54 Å². The molecule has 0 saturated carbocycles. The fourth-order valence-corrected chi connectivity index (χ4v) is 5.09. The predicted octanol–water partition coefficient (Wildman–Crippen LogP) is 7.05. The molecule has 0 saturated heterocycles. The van der Waals surface area contributed by atoms with E-state index in [1.165, 1.54) is 18.2 Å². The lowest BCUT2D eigenvalue weighted by Gasteiger charge is -2.29. The van der Waals surface area contributed by atoms with Crippen LogP contribution < -0.4 is 0 Å². The molecule has 1 heterocycles. The van der Waals surface area contributed by atoms with Gasteiger partial charge >= 0.3 is 0 Å². The van der Waals surface area contributed by atoms with Gasteiger partial charge in [0.25, 0.3) is 23.4 Å². The van der Waals surface area contributed by atoms with E-state index in [9.17, 15) is 29.3 Å². The summed E-state index contributed by atoms with van der Waals surface area (Å²) in [6.07, 6.45) is 0. The van der Waals surface area contributed by atoms with Crippen molar-refractivity contribution < 1.29 is 24.1 Å². The van der Waals surface area contributed by atoms with Crippen LogP contribution in [0.2, 0.25) is 30.1 Å². The van der Waals surface area contributed by atoms with Crippen molar-refractivity contribution in [2.75, 3.05) is 6.54 Å². The number of nitro benzene ring substituents is 1. The average molecular weight is 636 g/mol. The van der Waals surface area contributed by atoms with Crippen LogP contribution in [0.4, 0.5) is 5.69 Å². The number of fused-ring (bicyclic) bond motifs is 1. The zero-order valence-electron chi connectivity index (χ0n) is 18.3. The van der Waals surface area contributed by atoms with E-state index in [1.807, 2.05) is 0 Å². The maximum absolute atomic E-state index is 13.6. The molecule has 1 aliphatic rings. The molecule has 0 fully saturated rings. The van der Waals surface area contributed by atoms with E-state index >= 15 is 0 Å². The molecular weight excluding hydrogens is 627 g/mol. The number of nitrogens with zero attached hydrogens (tertiary/aromatic N) is 3. The first-order valence-corrected chi connectivity index (χ1v) is 12.4. The second kappa shape index (κ2) is 10.7. The van der Waals surface area contributed by atoms with Gasteiger partial charge < -0.3 is 0 Å². The topological polar surface area (TPSA) is 118 Å². The number of amides is 3. The summed E-state index contributed by atoms with van der Waals surface area (Å²) >= 11 is 36.6. The number of halogens is 6. The van der Waals surface area contributed by atoms with Crippen LogP contribution in [0.3, 0.4) is 0 Å². The van der Waals surface area contributed by atoms with Gasteiger partial charge in [-0.2, -0.15) is 5.01 Å². The molecule has 0 radical (unpaired) electrons. The average Bonchev–Trinajstić information content (AvgIpc) is 3.14. The Morgan fingerprint density at radius 1 is 0.816 bits per heavy atom. The molecule has 0 bridgehead atoms. The van der Waals surface area contributed by atoms with E-state index in [4.69, 9.17) is 69.6 Å². The van der Waals surface area contributed by atoms with Crippen molar-refractivity contribution in [3.8, 4) is 0 Å². The zero-order valence-corrected chi connectivity index (χ0v) is 22.8. The molecule has 38 heavy (non-hydrogen) atoms. The number of hydrogen-bond acceptors (Lipinski definition) is 6. The van der Waals surface area contributed by atoms with Gasteiger partial charge in [-0.3, -0.25) is 29.3 Å². The highest BCUT2D eigenvalue weighted by Gasteiger charge is 2.46. The van der Waals surface area contributed by atoms with Gasteiger partial charge in [-0.25, -0.2) is 5.01 Å². The van der Waals surface area contributed by atoms with Gasteiger partial charge in [-0.05, 0) is 30.3 Å². The third-order valence-corrected chi connectivity index (χ3v) is 7.76. The quantitative estimate of drug-likeness (QED) is 0.0715. The first-order chi connectivity index (χ1) is 17.8. The molecular formula is C23H9Cl6N3O6. The molecule has 1 aliphatic heterocycles. The summed E-state index contributed by atoms with van der Waals surface area (Å²) in [6.45, 7) is -0.863. The fraction of sp³-hybridized carbons (Fsp3) is 0.0435. The highest BCUT2D eigenvalue weighted by Crippen LogP contribution is 2.45. The summed E-state index contributed by atoms with van der Waals surface area (Å²) in [5.41, 5.74) is -1.36. The minimum Gasteiger partial charge on any atom is -0.292 e. The summed E-state index contributed by atoms with van der Waals surface area (Å²) in [7, 11) is 0. The molecule has 0 aliphatic carbocycles. The Balaban J connectivity index is 1.82. The zero-order chi connectivity index (χ0) is 28.0. The fourth-order valence-electron chi connectivity index (χ4n) is 3.59. The molecule has 0 N–H and O–H groups in total. The number of non-ortho nitro benzene ring substituents is 1. The molecule has 4 rings (SSSR count). The summed E-state index contributed by atoms with van der Waals surface area (Å²) in [6, 6.07) is 8.32. The van der Waals surface area contributed by atoms with Gasteiger partial charge in [-0.15, -0.1) is 0 Å². The Labute approximate surface area is 243 Å². The molecule has 0 atom stereocenters. The van der Waals surface area contributed by atoms with E-state index in [-0.39, 0.29) is 47.0 Å². The van der Waals surface area contributed by atoms with Crippen LogP contribution in [-0.4, -0.2) is 45.0 Å².